The number of benzene rings is 1. The first-order valence-corrected chi connectivity index (χ1v) is 8.05. The Bertz CT molecular complexity index is 523. The van der Waals surface area contributed by atoms with Gasteiger partial charge in [0.25, 0.3) is 0 Å². The minimum absolute atomic E-state index is 0.166. The molecule has 19 heavy (non-hydrogen) atoms. The molecular weight excluding hydrogens is 278 g/mol. The van der Waals surface area contributed by atoms with Gasteiger partial charge in [0.2, 0.25) is 0 Å². The minimum Gasteiger partial charge on any atom is -0.381 e. The van der Waals surface area contributed by atoms with E-state index in [2.05, 4.69) is 30.1 Å². The molecule has 1 aliphatic rings. The normalized spacial score (nSPS) is 25.6. The van der Waals surface area contributed by atoms with Crippen LogP contribution in [0.25, 0.3) is 10.2 Å². The molecule has 1 saturated heterocycles. The lowest BCUT2D eigenvalue weighted by molar-refractivity contribution is 0.0230. The quantitative estimate of drug-likeness (QED) is 0.795. The maximum atomic E-state index is 6.63. The van der Waals surface area contributed by atoms with E-state index in [1.165, 1.54) is 4.70 Å². The van der Waals surface area contributed by atoms with Crippen molar-refractivity contribution in [1.29, 1.82) is 0 Å². The third kappa shape index (κ3) is 2.93. The summed E-state index contributed by atoms with van der Waals surface area (Å²) in [5.74, 6) is 1.09. The summed E-state index contributed by atoms with van der Waals surface area (Å²) in [5.41, 5.74) is 1.09. The molecule has 0 bridgehead atoms. The van der Waals surface area contributed by atoms with E-state index < -0.39 is 0 Å². The molecule has 1 aliphatic heterocycles. The van der Waals surface area contributed by atoms with Crippen molar-refractivity contribution in [1.82, 2.24) is 4.98 Å². The molecule has 0 radical (unpaired) electrons. The maximum Gasteiger partial charge on any atom is 0.0953 e. The van der Waals surface area contributed by atoms with Crippen molar-refractivity contribution < 1.29 is 4.74 Å². The molecule has 1 aromatic heterocycles. The predicted molar refractivity (Wildman–Crippen MR) is 81.1 cm³/mol. The SMILES string of the molecule is CC1COCCC1C(Cl)Cc1nc2ccccc2s1. The van der Waals surface area contributed by atoms with Gasteiger partial charge in [-0.25, -0.2) is 4.98 Å². The van der Waals surface area contributed by atoms with Crippen molar-refractivity contribution >= 4 is 33.2 Å². The topological polar surface area (TPSA) is 22.1 Å². The first-order chi connectivity index (χ1) is 9.24. The number of ether oxygens (including phenoxy) is 1. The third-order valence-electron chi connectivity index (χ3n) is 3.88. The van der Waals surface area contributed by atoms with Crippen LogP contribution in [0.3, 0.4) is 0 Å². The van der Waals surface area contributed by atoms with Crippen molar-refractivity contribution in [2.75, 3.05) is 13.2 Å². The Morgan fingerprint density at radius 1 is 1.47 bits per heavy atom. The van der Waals surface area contributed by atoms with E-state index >= 15 is 0 Å². The molecule has 0 saturated carbocycles. The molecule has 1 aromatic carbocycles. The third-order valence-corrected chi connectivity index (χ3v) is 5.42. The molecule has 0 N–H and O–H groups in total. The summed E-state index contributed by atoms with van der Waals surface area (Å²) in [4.78, 5) is 4.68. The molecule has 3 unspecified atom stereocenters. The molecule has 1 fully saturated rings. The highest BCUT2D eigenvalue weighted by atomic mass is 35.5. The van der Waals surface area contributed by atoms with Gasteiger partial charge in [-0.15, -0.1) is 22.9 Å². The smallest absolute Gasteiger partial charge is 0.0953 e. The summed E-state index contributed by atoms with van der Waals surface area (Å²) < 4.78 is 6.74. The lowest BCUT2D eigenvalue weighted by Gasteiger charge is -2.31. The van der Waals surface area contributed by atoms with Gasteiger partial charge >= 0.3 is 0 Å². The van der Waals surface area contributed by atoms with E-state index in [4.69, 9.17) is 16.3 Å². The fraction of sp³-hybridized carbons (Fsp3) is 0.533. The van der Waals surface area contributed by atoms with Crippen LogP contribution in [0.2, 0.25) is 0 Å². The highest BCUT2D eigenvalue weighted by molar-refractivity contribution is 7.18. The number of hydrogen-bond acceptors (Lipinski definition) is 3. The summed E-state index contributed by atoms with van der Waals surface area (Å²) >= 11 is 8.39. The number of thiazole rings is 1. The second kappa shape index (κ2) is 5.78. The number of rotatable bonds is 3. The predicted octanol–water partition coefficient (Wildman–Crippen LogP) is 4.12. The molecule has 2 heterocycles. The second-order valence-electron chi connectivity index (χ2n) is 5.30. The van der Waals surface area contributed by atoms with Crippen molar-refractivity contribution in [3.05, 3.63) is 29.3 Å². The average molecular weight is 296 g/mol. The van der Waals surface area contributed by atoms with Gasteiger partial charge in [0.1, 0.15) is 0 Å². The number of halogens is 1. The van der Waals surface area contributed by atoms with Gasteiger partial charge in [-0.05, 0) is 30.4 Å². The van der Waals surface area contributed by atoms with E-state index in [9.17, 15) is 0 Å². The van der Waals surface area contributed by atoms with Gasteiger partial charge in [0, 0.05) is 25.0 Å². The fourth-order valence-electron chi connectivity index (χ4n) is 2.76. The van der Waals surface area contributed by atoms with E-state index in [0.717, 1.165) is 36.6 Å². The lowest BCUT2D eigenvalue weighted by atomic mass is 9.86. The van der Waals surface area contributed by atoms with Gasteiger partial charge in [0.15, 0.2) is 0 Å². The zero-order valence-corrected chi connectivity index (χ0v) is 12.6. The van der Waals surface area contributed by atoms with Gasteiger partial charge in [-0.3, -0.25) is 0 Å². The molecule has 0 amide bonds. The van der Waals surface area contributed by atoms with Crippen LogP contribution in [0.1, 0.15) is 18.4 Å². The van der Waals surface area contributed by atoms with Crippen molar-refractivity contribution in [3.63, 3.8) is 0 Å². The molecule has 102 valence electrons. The van der Waals surface area contributed by atoms with Crippen LogP contribution in [0.15, 0.2) is 24.3 Å². The van der Waals surface area contributed by atoms with Gasteiger partial charge in [-0.1, -0.05) is 19.1 Å². The fourth-order valence-corrected chi connectivity index (χ4v) is 4.40. The van der Waals surface area contributed by atoms with Gasteiger partial charge in [-0.2, -0.15) is 0 Å². The molecule has 4 heteroatoms. The maximum absolute atomic E-state index is 6.63. The molecular formula is C15H18ClNOS. The first kappa shape index (κ1) is 13.3. The number of nitrogens with zero attached hydrogens (tertiary/aromatic N) is 1. The van der Waals surface area contributed by atoms with Crippen LogP contribution in [-0.4, -0.2) is 23.6 Å². The van der Waals surface area contributed by atoms with Crippen molar-refractivity contribution in [3.8, 4) is 0 Å². The standard InChI is InChI=1S/C15H18ClNOS/c1-10-9-18-7-6-11(10)12(16)8-15-17-13-4-2-3-5-14(13)19-15/h2-5,10-12H,6-9H2,1H3. The number of para-hydroxylation sites is 1. The van der Waals surface area contributed by atoms with E-state index in [-0.39, 0.29) is 5.38 Å². The molecule has 0 spiro atoms. The summed E-state index contributed by atoms with van der Waals surface area (Å²) in [6, 6.07) is 8.28. The van der Waals surface area contributed by atoms with E-state index in [1.807, 2.05) is 6.07 Å². The molecule has 3 atom stereocenters. The first-order valence-electron chi connectivity index (χ1n) is 6.80. The number of hydrogen-bond donors (Lipinski definition) is 0. The Labute approximate surface area is 122 Å². The van der Waals surface area contributed by atoms with Crippen LogP contribution in [0, 0.1) is 11.8 Å². The Hall–Kier alpha value is -0.640. The van der Waals surface area contributed by atoms with Gasteiger partial charge in [0.05, 0.1) is 15.2 Å². The van der Waals surface area contributed by atoms with Crippen LogP contribution < -0.4 is 0 Å². The van der Waals surface area contributed by atoms with E-state index in [0.29, 0.717) is 11.8 Å². The lowest BCUT2D eigenvalue weighted by Crippen LogP contribution is -2.32. The number of fused-ring (bicyclic) bond motifs is 1. The van der Waals surface area contributed by atoms with Crippen LogP contribution in [0.5, 0.6) is 0 Å². The Kier molecular flexibility index (Phi) is 4.06. The van der Waals surface area contributed by atoms with Crippen LogP contribution in [0.4, 0.5) is 0 Å². The van der Waals surface area contributed by atoms with Gasteiger partial charge < -0.3 is 4.74 Å². The average Bonchev–Trinajstić information content (AvgIpc) is 2.81. The van der Waals surface area contributed by atoms with Crippen molar-refractivity contribution in [2.24, 2.45) is 11.8 Å². The summed E-state index contributed by atoms with van der Waals surface area (Å²) in [6.07, 6.45) is 1.94. The Morgan fingerprint density at radius 3 is 3.11 bits per heavy atom. The largest absolute Gasteiger partial charge is 0.381 e. The zero-order chi connectivity index (χ0) is 13.2. The second-order valence-corrected chi connectivity index (χ2v) is 6.98. The van der Waals surface area contributed by atoms with Crippen LogP contribution >= 0.6 is 22.9 Å². The monoisotopic (exact) mass is 295 g/mol. The Morgan fingerprint density at radius 2 is 2.32 bits per heavy atom. The minimum atomic E-state index is 0.166. The summed E-state index contributed by atoms with van der Waals surface area (Å²) in [7, 11) is 0. The zero-order valence-electron chi connectivity index (χ0n) is 11.0. The highest BCUT2D eigenvalue weighted by Crippen LogP contribution is 2.31. The van der Waals surface area contributed by atoms with Crippen molar-refractivity contribution in [2.45, 2.75) is 25.1 Å². The molecule has 3 rings (SSSR count). The number of aromatic nitrogens is 1. The molecule has 2 nitrogen and oxygen atoms in total. The molecule has 0 aliphatic carbocycles. The summed E-state index contributed by atoms with van der Waals surface area (Å²) in [6.45, 7) is 3.92. The number of alkyl halides is 1. The van der Waals surface area contributed by atoms with E-state index in [1.54, 1.807) is 11.3 Å². The summed E-state index contributed by atoms with van der Waals surface area (Å²) in [5, 5.41) is 1.32. The highest BCUT2D eigenvalue weighted by Gasteiger charge is 2.29. The molecule has 2 aromatic rings. The Balaban J connectivity index is 1.73. The van der Waals surface area contributed by atoms with Crippen LogP contribution in [-0.2, 0) is 11.2 Å².